The van der Waals surface area contributed by atoms with E-state index in [4.69, 9.17) is 24.7 Å². The zero-order valence-corrected chi connectivity index (χ0v) is 17.0. The molecule has 0 aliphatic carbocycles. The highest BCUT2D eigenvalue weighted by Gasteiger charge is 2.38. The first-order valence-corrected chi connectivity index (χ1v) is 9.24. The molecule has 0 radical (unpaired) electrons. The molecular formula is C22H19FN4O4. The number of nitrogens with two attached hydrogens (primary N) is 1. The third-order valence-electron chi connectivity index (χ3n) is 5.12. The van der Waals surface area contributed by atoms with Gasteiger partial charge in [-0.1, -0.05) is 6.07 Å². The molecule has 3 N–H and O–H groups in total. The second-order valence-electron chi connectivity index (χ2n) is 6.67. The topological polar surface area (TPSA) is 115 Å². The van der Waals surface area contributed by atoms with Gasteiger partial charge < -0.3 is 24.7 Å². The molecule has 0 saturated heterocycles. The third kappa shape index (κ3) is 3.18. The number of hydrogen-bond donors (Lipinski definition) is 2. The molecule has 0 saturated carbocycles. The van der Waals surface area contributed by atoms with Gasteiger partial charge in [0.25, 0.3) is 0 Å². The van der Waals surface area contributed by atoms with Gasteiger partial charge in [0.1, 0.15) is 17.5 Å². The molecule has 1 aliphatic heterocycles. The van der Waals surface area contributed by atoms with E-state index in [1.54, 1.807) is 24.3 Å². The van der Waals surface area contributed by atoms with E-state index < -0.39 is 5.92 Å². The van der Waals surface area contributed by atoms with Gasteiger partial charge in [-0.05, 0) is 30.3 Å². The number of ether oxygens (including phenoxy) is 4. The third-order valence-corrected chi connectivity index (χ3v) is 5.12. The molecule has 1 aromatic heterocycles. The van der Waals surface area contributed by atoms with Gasteiger partial charge in [-0.25, -0.2) is 4.39 Å². The standard InChI is InChI=1S/C22H19FN4O4/c1-28-15-9-8-13(19(29-2)20(15)30-3)16-14(10-24)21(25)31-22-17(16)18(26-27-22)11-4-6-12(23)7-5-11/h4-9,16H,25H2,1-3H3,(H,26,27). The molecule has 158 valence electrons. The van der Waals surface area contributed by atoms with Crippen LogP contribution in [0.1, 0.15) is 17.0 Å². The van der Waals surface area contributed by atoms with Gasteiger partial charge in [0.15, 0.2) is 11.5 Å². The molecule has 2 heterocycles. The van der Waals surface area contributed by atoms with Crippen LogP contribution in [-0.4, -0.2) is 31.5 Å². The van der Waals surface area contributed by atoms with Crippen molar-refractivity contribution in [3.8, 4) is 40.5 Å². The number of methoxy groups -OCH3 is 3. The van der Waals surface area contributed by atoms with Gasteiger partial charge in [0, 0.05) is 11.1 Å². The summed E-state index contributed by atoms with van der Waals surface area (Å²) in [5, 5.41) is 17.0. The molecule has 1 atom stereocenters. The van der Waals surface area contributed by atoms with Crippen LogP contribution in [0.2, 0.25) is 0 Å². The normalized spacial score (nSPS) is 15.0. The molecule has 0 bridgehead atoms. The lowest BCUT2D eigenvalue weighted by atomic mass is 9.82. The Hall–Kier alpha value is -4.19. The highest BCUT2D eigenvalue weighted by molar-refractivity contribution is 5.72. The van der Waals surface area contributed by atoms with E-state index in [2.05, 4.69) is 16.3 Å². The number of rotatable bonds is 5. The van der Waals surface area contributed by atoms with Crippen LogP contribution >= 0.6 is 0 Å². The summed E-state index contributed by atoms with van der Waals surface area (Å²) in [4.78, 5) is 0. The highest BCUT2D eigenvalue weighted by Crippen LogP contribution is 2.51. The molecule has 0 spiro atoms. The van der Waals surface area contributed by atoms with Crippen LogP contribution < -0.4 is 24.7 Å². The van der Waals surface area contributed by atoms with E-state index in [0.717, 1.165) is 0 Å². The zero-order chi connectivity index (χ0) is 22.1. The van der Waals surface area contributed by atoms with Crippen LogP contribution in [0.5, 0.6) is 23.1 Å². The second-order valence-corrected chi connectivity index (χ2v) is 6.67. The van der Waals surface area contributed by atoms with Gasteiger partial charge in [0.2, 0.25) is 17.5 Å². The first-order chi connectivity index (χ1) is 15.0. The van der Waals surface area contributed by atoms with E-state index in [1.165, 1.54) is 33.5 Å². The van der Waals surface area contributed by atoms with Gasteiger partial charge in [-0.2, -0.15) is 5.26 Å². The Morgan fingerprint density at radius 2 is 1.77 bits per heavy atom. The average Bonchev–Trinajstić information content (AvgIpc) is 3.20. The van der Waals surface area contributed by atoms with Gasteiger partial charge >= 0.3 is 0 Å². The van der Waals surface area contributed by atoms with Crippen molar-refractivity contribution in [1.82, 2.24) is 10.2 Å². The van der Waals surface area contributed by atoms with Gasteiger partial charge in [0.05, 0.1) is 38.5 Å². The largest absolute Gasteiger partial charge is 0.493 e. The average molecular weight is 422 g/mol. The monoisotopic (exact) mass is 422 g/mol. The van der Waals surface area contributed by atoms with E-state index in [1.807, 2.05) is 0 Å². The van der Waals surface area contributed by atoms with Crippen molar-refractivity contribution in [2.45, 2.75) is 5.92 Å². The number of fused-ring (bicyclic) bond motifs is 1. The lowest BCUT2D eigenvalue weighted by Crippen LogP contribution is -2.21. The number of aromatic amines is 1. The fraction of sp³-hybridized carbons (Fsp3) is 0.182. The first-order valence-electron chi connectivity index (χ1n) is 9.24. The molecular weight excluding hydrogens is 403 g/mol. The van der Waals surface area contributed by atoms with Crippen LogP contribution in [0.4, 0.5) is 4.39 Å². The number of H-pyrrole nitrogens is 1. The van der Waals surface area contributed by atoms with Crippen molar-refractivity contribution in [3.05, 3.63) is 64.8 Å². The Labute approximate surface area is 177 Å². The molecule has 9 heteroatoms. The molecule has 31 heavy (non-hydrogen) atoms. The number of hydrogen-bond acceptors (Lipinski definition) is 7. The van der Waals surface area contributed by atoms with E-state index in [0.29, 0.717) is 39.6 Å². The van der Waals surface area contributed by atoms with Crippen LogP contribution in [0.3, 0.4) is 0 Å². The summed E-state index contributed by atoms with van der Waals surface area (Å²) in [6.45, 7) is 0. The fourth-order valence-corrected chi connectivity index (χ4v) is 3.74. The maximum atomic E-state index is 13.5. The summed E-state index contributed by atoms with van der Waals surface area (Å²) >= 11 is 0. The second kappa shape index (κ2) is 7.91. The number of aromatic nitrogens is 2. The Morgan fingerprint density at radius 3 is 2.39 bits per heavy atom. The van der Waals surface area contributed by atoms with E-state index in [9.17, 15) is 9.65 Å². The maximum absolute atomic E-state index is 13.5. The lowest BCUT2D eigenvalue weighted by Gasteiger charge is -2.26. The first kappa shape index (κ1) is 20.1. The van der Waals surface area contributed by atoms with Crippen molar-refractivity contribution in [3.63, 3.8) is 0 Å². The zero-order valence-electron chi connectivity index (χ0n) is 17.0. The summed E-state index contributed by atoms with van der Waals surface area (Å²) in [7, 11) is 4.51. The number of halogens is 1. The number of benzene rings is 2. The smallest absolute Gasteiger partial charge is 0.244 e. The number of nitrogens with one attached hydrogen (secondary N) is 1. The van der Waals surface area contributed by atoms with E-state index in [-0.39, 0.29) is 23.2 Å². The molecule has 0 amide bonds. The van der Waals surface area contributed by atoms with Crippen molar-refractivity contribution in [2.75, 3.05) is 21.3 Å². The van der Waals surface area contributed by atoms with Crippen molar-refractivity contribution in [1.29, 1.82) is 5.26 Å². The summed E-state index contributed by atoms with van der Waals surface area (Å²) in [6.07, 6.45) is 0. The lowest BCUT2D eigenvalue weighted by molar-refractivity contribution is 0.321. The maximum Gasteiger partial charge on any atom is 0.244 e. The molecule has 1 aliphatic rings. The minimum Gasteiger partial charge on any atom is -0.493 e. The SMILES string of the molecule is COc1ccc(C2C(C#N)=C(N)Oc3n[nH]c(-c4ccc(F)cc4)c32)c(OC)c1OC. The summed E-state index contributed by atoms with van der Waals surface area (Å²) in [6, 6.07) is 11.5. The van der Waals surface area contributed by atoms with Crippen LogP contribution in [-0.2, 0) is 0 Å². The number of nitrogens with zero attached hydrogens (tertiary/aromatic N) is 2. The molecule has 8 nitrogen and oxygen atoms in total. The number of nitriles is 1. The summed E-state index contributed by atoms with van der Waals surface area (Å²) in [5.74, 6) is 0.337. The Morgan fingerprint density at radius 1 is 1.06 bits per heavy atom. The fourth-order valence-electron chi connectivity index (χ4n) is 3.74. The molecule has 3 aromatic rings. The highest BCUT2D eigenvalue weighted by atomic mass is 19.1. The molecule has 0 fully saturated rings. The van der Waals surface area contributed by atoms with Crippen LogP contribution in [0.15, 0.2) is 47.9 Å². The minimum absolute atomic E-state index is 0.0611. The van der Waals surface area contributed by atoms with Crippen LogP contribution in [0, 0.1) is 17.1 Å². The quantitative estimate of drug-likeness (QED) is 0.647. The van der Waals surface area contributed by atoms with Crippen molar-refractivity contribution < 1.29 is 23.3 Å². The Balaban J connectivity index is 2.00. The van der Waals surface area contributed by atoms with Crippen molar-refractivity contribution >= 4 is 0 Å². The van der Waals surface area contributed by atoms with Gasteiger partial charge in [-0.15, -0.1) is 5.10 Å². The minimum atomic E-state index is -0.678. The predicted molar refractivity (Wildman–Crippen MR) is 109 cm³/mol. The van der Waals surface area contributed by atoms with Crippen molar-refractivity contribution in [2.24, 2.45) is 5.73 Å². The van der Waals surface area contributed by atoms with Crippen LogP contribution in [0.25, 0.3) is 11.3 Å². The van der Waals surface area contributed by atoms with E-state index >= 15 is 0 Å². The Kier molecular flexibility index (Phi) is 5.13. The predicted octanol–water partition coefficient (Wildman–Crippen LogP) is 3.46. The summed E-state index contributed by atoms with van der Waals surface area (Å²) in [5.41, 5.74) is 8.65. The number of allylic oxidation sites excluding steroid dienone is 1. The Bertz CT molecular complexity index is 1210. The van der Waals surface area contributed by atoms with Gasteiger partial charge in [-0.3, -0.25) is 5.10 Å². The molecule has 1 unspecified atom stereocenters. The molecule has 4 rings (SSSR count). The molecule has 2 aromatic carbocycles. The summed E-state index contributed by atoms with van der Waals surface area (Å²) < 4.78 is 35.6.